The fraction of sp³-hybridized carbons (Fsp3) is 0.600. The van der Waals surface area contributed by atoms with E-state index in [1.54, 1.807) is 7.11 Å². The molecule has 1 unspecified atom stereocenters. The molecule has 2 rings (SSSR count). The van der Waals surface area contributed by atoms with Crippen molar-refractivity contribution in [1.82, 2.24) is 0 Å². The Kier molecular flexibility index (Phi) is 4.48. The highest BCUT2D eigenvalue weighted by atomic mass is 16.5. The van der Waals surface area contributed by atoms with E-state index in [4.69, 9.17) is 10.5 Å². The molecule has 3 nitrogen and oxygen atoms in total. The van der Waals surface area contributed by atoms with Gasteiger partial charge in [-0.1, -0.05) is 12.8 Å². The van der Waals surface area contributed by atoms with Crippen LogP contribution < -0.4 is 15.4 Å². The van der Waals surface area contributed by atoms with Crippen LogP contribution in [-0.4, -0.2) is 26.7 Å². The predicted octanol–water partition coefficient (Wildman–Crippen LogP) is 2.65. The van der Waals surface area contributed by atoms with Gasteiger partial charge in [-0.3, -0.25) is 0 Å². The van der Waals surface area contributed by atoms with Crippen LogP contribution in [0.25, 0.3) is 0 Å². The van der Waals surface area contributed by atoms with Gasteiger partial charge in [0.15, 0.2) is 0 Å². The number of benzene rings is 1. The minimum Gasteiger partial charge on any atom is -0.497 e. The molecular formula is C15H24N2O. The molecule has 0 spiro atoms. The minimum atomic E-state index is 0.459. The summed E-state index contributed by atoms with van der Waals surface area (Å²) >= 11 is 0. The summed E-state index contributed by atoms with van der Waals surface area (Å²) in [6.07, 6.45) is 5.36. The average molecular weight is 248 g/mol. The molecule has 2 N–H and O–H groups in total. The lowest BCUT2D eigenvalue weighted by Crippen LogP contribution is -2.42. The number of nitrogens with zero attached hydrogens (tertiary/aromatic N) is 1. The van der Waals surface area contributed by atoms with Crippen LogP contribution in [0.3, 0.4) is 0 Å². The number of hydrogen-bond acceptors (Lipinski definition) is 3. The van der Waals surface area contributed by atoms with Crippen molar-refractivity contribution < 1.29 is 4.74 Å². The van der Waals surface area contributed by atoms with E-state index >= 15 is 0 Å². The highest BCUT2D eigenvalue weighted by molar-refractivity contribution is 5.49. The average Bonchev–Trinajstić information content (AvgIpc) is 2.93. The van der Waals surface area contributed by atoms with E-state index in [2.05, 4.69) is 24.1 Å². The molecule has 0 bridgehead atoms. The van der Waals surface area contributed by atoms with Crippen LogP contribution >= 0.6 is 0 Å². The molecule has 1 aliphatic carbocycles. The van der Waals surface area contributed by atoms with Gasteiger partial charge in [0.25, 0.3) is 0 Å². The largest absolute Gasteiger partial charge is 0.497 e. The lowest BCUT2D eigenvalue weighted by atomic mass is 9.96. The van der Waals surface area contributed by atoms with Gasteiger partial charge < -0.3 is 15.4 Å². The Bertz CT molecular complexity index is 357. The highest BCUT2D eigenvalue weighted by Crippen LogP contribution is 2.31. The maximum atomic E-state index is 5.98. The summed E-state index contributed by atoms with van der Waals surface area (Å²) in [5.74, 6) is 1.65. The molecule has 1 aromatic carbocycles. The minimum absolute atomic E-state index is 0.459. The van der Waals surface area contributed by atoms with Crippen molar-refractivity contribution >= 4 is 5.69 Å². The zero-order valence-corrected chi connectivity index (χ0v) is 11.4. The van der Waals surface area contributed by atoms with E-state index in [-0.39, 0.29) is 0 Å². The van der Waals surface area contributed by atoms with Crippen molar-refractivity contribution in [3.8, 4) is 5.75 Å². The molecule has 1 saturated carbocycles. The summed E-state index contributed by atoms with van der Waals surface area (Å²) in [6, 6.07) is 8.69. The molecule has 0 saturated heterocycles. The first kappa shape index (κ1) is 13.2. The van der Waals surface area contributed by atoms with Gasteiger partial charge in [-0.2, -0.15) is 0 Å². The van der Waals surface area contributed by atoms with Crippen molar-refractivity contribution in [3.63, 3.8) is 0 Å². The molecule has 1 atom stereocenters. The van der Waals surface area contributed by atoms with Gasteiger partial charge >= 0.3 is 0 Å². The third-order valence-electron chi connectivity index (χ3n) is 4.16. The summed E-state index contributed by atoms with van der Waals surface area (Å²) in [7, 11) is 3.84. The highest BCUT2D eigenvalue weighted by Gasteiger charge is 2.27. The topological polar surface area (TPSA) is 38.5 Å². The van der Waals surface area contributed by atoms with E-state index < -0.39 is 0 Å². The number of hydrogen-bond donors (Lipinski definition) is 1. The first-order chi connectivity index (χ1) is 8.76. The maximum Gasteiger partial charge on any atom is 0.119 e. The standard InChI is InChI=1S/C15H24N2O/c1-17(13-7-9-14(18-2)10-8-13)15(11-16)12-5-3-4-6-12/h7-10,12,15H,3-6,11,16H2,1-2H3. The monoisotopic (exact) mass is 248 g/mol. The molecule has 3 heteroatoms. The second-order valence-electron chi connectivity index (χ2n) is 5.16. The Balaban J connectivity index is 2.09. The molecule has 0 radical (unpaired) electrons. The van der Waals surface area contributed by atoms with Gasteiger partial charge in [0.05, 0.1) is 7.11 Å². The lowest BCUT2D eigenvalue weighted by molar-refractivity contribution is 0.413. The quantitative estimate of drug-likeness (QED) is 0.870. The summed E-state index contributed by atoms with van der Waals surface area (Å²) in [6.45, 7) is 0.729. The van der Waals surface area contributed by atoms with Crippen LogP contribution in [-0.2, 0) is 0 Å². The summed E-state index contributed by atoms with van der Waals surface area (Å²) < 4.78 is 5.19. The van der Waals surface area contributed by atoms with Crippen LogP contribution in [0.4, 0.5) is 5.69 Å². The molecule has 1 aromatic rings. The summed E-state index contributed by atoms with van der Waals surface area (Å²) in [5.41, 5.74) is 7.20. The summed E-state index contributed by atoms with van der Waals surface area (Å²) in [4.78, 5) is 2.33. The number of anilines is 1. The molecule has 1 fully saturated rings. The second kappa shape index (κ2) is 6.10. The maximum absolute atomic E-state index is 5.98. The normalized spacial score (nSPS) is 17.7. The third kappa shape index (κ3) is 2.78. The molecule has 18 heavy (non-hydrogen) atoms. The first-order valence-electron chi connectivity index (χ1n) is 6.83. The Morgan fingerprint density at radius 3 is 2.39 bits per heavy atom. The molecule has 0 aliphatic heterocycles. The lowest BCUT2D eigenvalue weighted by Gasteiger charge is -2.33. The zero-order chi connectivity index (χ0) is 13.0. The number of methoxy groups -OCH3 is 1. The molecule has 0 aromatic heterocycles. The van der Waals surface area contributed by atoms with E-state index in [9.17, 15) is 0 Å². The number of likely N-dealkylation sites (N-methyl/N-ethyl adjacent to an activating group) is 1. The van der Waals surface area contributed by atoms with E-state index in [0.717, 1.165) is 18.2 Å². The van der Waals surface area contributed by atoms with E-state index in [1.165, 1.54) is 31.4 Å². The molecule has 100 valence electrons. The first-order valence-corrected chi connectivity index (χ1v) is 6.83. The van der Waals surface area contributed by atoms with Crippen molar-refractivity contribution in [2.24, 2.45) is 11.7 Å². The second-order valence-corrected chi connectivity index (χ2v) is 5.16. The van der Waals surface area contributed by atoms with Crippen molar-refractivity contribution in [1.29, 1.82) is 0 Å². The van der Waals surface area contributed by atoms with Crippen LogP contribution in [0.2, 0.25) is 0 Å². The van der Waals surface area contributed by atoms with Crippen LogP contribution in [0.5, 0.6) is 5.75 Å². The Morgan fingerprint density at radius 1 is 1.28 bits per heavy atom. The van der Waals surface area contributed by atoms with E-state index in [1.807, 2.05) is 12.1 Å². The molecule has 0 heterocycles. The number of nitrogens with two attached hydrogens (primary N) is 1. The van der Waals surface area contributed by atoms with Crippen LogP contribution in [0.1, 0.15) is 25.7 Å². The predicted molar refractivity (Wildman–Crippen MR) is 76.2 cm³/mol. The number of rotatable bonds is 5. The van der Waals surface area contributed by atoms with E-state index in [0.29, 0.717) is 6.04 Å². The van der Waals surface area contributed by atoms with Gasteiger partial charge in [0.1, 0.15) is 5.75 Å². The molecule has 1 aliphatic rings. The van der Waals surface area contributed by atoms with Gasteiger partial charge in [0.2, 0.25) is 0 Å². The van der Waals surface area contributed by atoms with Crippen molar-refractivity contribution in [3.05, 3.63) is 24.3 Å². The zero-order valence-electron chi connectivity index (χ0n) is 11.4. The molecular weight excluding hydrogens is 224 g/mol. The van der Waals surface area contributed by atoms with Gasteiger partial charge in [-0.15, -0.1) is 0 Å². The van der Waals surface area contributed by atoms with Gasteiger partial charge in [-0.05, 0) is 43.0 Å². The summed E-state index contributed by atoms with van der Waals surface area (Å²) in [5, 5.41) is 0. The van der Waals surface area contributed by atoms with Gasteiger partial charge in [0, 0.05) is 25.3 Å². The SMILES string of the molecule is COc1ccc(N(C)C(CN)C2CCCC2)cc1. The fourth-order valence-electron chi connectivity index (χ4n) is 3.02. The molecule has 0 amide bonds. The Labute approximate surface area is 110 Å². The van der Waals surface area contributed by atoms with Crippen LogP contribution in [0.15, 0.2) is 24.3 Å². The Hall–Kier alpha value is -1.22. The van der Waals surface area contributed by atoms with Gasteiger partial charge in [-0.25, -0.2) is 0 Å². The fourth-order valence-corrected chi connectivity index (χ4v) is 3.02. The van der Waals surface area contributed by atoms with Crippen molar-refractivity contribution in [2.75, 3.05) is 25.6 Å². The number of ether oxygens (including phenoxy) is 1. The smallest absolute Gasteiger partial charge is 0.119 e. The Morgan fingerprint density at radius 2 is 1.89 bits per heavy atom. The third-order valence-corrected chi connectivity index (χ3v) is 4.16. The van der Waals surface area contributed by atoms with Crippen LogP contribution in [0, 0.1) is 5.92 Å². The van der Waals surface area contributed by atoms with Crippen molar-refractivity contribution in [2.45, 2.75) is 31.7 Å².